The summed E-state index contributed by atoms with van der Waals surface area (Å²) in [6, 6.07) is 8.48. The van der Waals surface area contributed by atoms with E-state index < -0.39 is 0 Å². The maximum atomic E-state index is 11.6. The molecular weight excluding hydrogens is 284 g/mol. The molecule has 0 aliphatic carbocycles. The Morgan fingerprint density at radius 3 is 2.91 bits per heavy atom. The Kier molecular flexibility index (Phi) is 5.29. The lowest BCUT2D eigenvalue weighted by Gasteiger charge is -2.26. The molecule has 1 aliphatic rings. The fourth-order valence-electron chi connectivity index (χ4n) is 3.40. The molecule has 0 fully saturated rings. The number of hydrogen-bond acceptors (Lipinski definition) is 2. The van der Waals surface area contributed by atoms with Gasteiger partial charge in [0.15, 0.2) is 0 Å². The van der Waals surface area contributed by atoms with Gasteiger partial charge in [0.2, 0.25) is 0 Å². The summed E-state index contributed by atoms with van der Waals surface area (Å²) >= 11 is 0. The number of fused-ring (bicyclic) bond motifs is 1. The van der Waals surface area contributed by atoms with Gasteiger partial charge in [-0.1, -0.05) is 31.2 Å². The summed E-state index contributed by atoms with van der Waals surface area (Å²) in [5.41, 5.74) is 4.00. The molecule has 2 heterocycles. The van der Waals surface area contributed by atoms with Crippen molar-refractivity contribution in [1.82, 2.24) is 9.88 Å². The van der Waals surface area contributed by atoms with Crippen LogP contribution < -0.4 is 0 Å². The van der Waals surface area contributed by atoms with E-state index in [1.54, 1.807) is 0 Å². The van der Waals surface area contributed by atoms with E-state index in [-0.39, 0.29) is 0 Å². The molecule has 0 spiro atoms. The van der Waals surface area contributed by atoms with Crippen LogP contribution >= 0.6 is 0 Å². The number of nitrogens with one attached hydrogen (secondary N) is 1. The van der Waals surface area contributed by atoms with Gasteiger partial charge in [-0.2, -0.15) is 0 Å². The van der Waals surface area contributed by atoms with Crippen molar-refractivity contribution in [2.75, 3.05) is 19.6 Å². The Balaban J connectivity index is 1.55. The number of rotatable bonds is 7. The second-order valence-corrected chi connectivity index (χ2v) is 6.42. The highest BCUT2D eigenvalue weighted by molar-refractivity contribution is 5.92. The molecule has 0 saturated heterocycles. The molecule has 122 valence electrons. The molecule has 3 heteroatoms. The van der Waals surface area contributed by atoms with E-state index in [0.29, 0.717) is 5.78 Å². The van der Waals surface area contributed by atoms with E-state index in [2.05, 4.69) is 53.3 Å². The highest BCUT2D eigenvalue weighted by Crippen LogP contribution is 2.29. The van der Waals surface area contributed by atoms with Crippen LogP contribution in [0.4, 0.5) is 0 Å². The maximum Gasteiger partial charge on any atom is 0.132 e. The molecule has 3 nitrogen and oxygen atoms in total. The lowest BCUT2D eigenvalue weighted by molar-refractivity contribution is -0.119. The predicted octanol–water partition coefficient (Wildman–Crippen LogP) is 4.41. The van der Waals surface area contributed by atoms with Crippen LogP contribution in [0, 0.1) is 0 Å². The highest BCUT2D eigenvalue weighted by Gasteiger charge is 2.15. The number of carbonyl (C=O) groups excluding carboxylic acids is 1. The van der Waals surface area contributed by atoms with E-state index in [9.17, 15) is 4.79 Å². The van der Waals surface area contributed by atoms with Gasteiger partial charge >= 0.3 is 0 Å². The van der Waals surface area contributed by atoms with Gasteiger partial charge in [-0.25, -0.2) is 0 Å². The van der Waals surface area contributed by atoms with E-state index in [0.717, 1.165) is 51.7 Å². The van der Waals surface area contributed by atoms with Gasteiger partial charge in [0.1, 0.15) is 5.78 Å². The third kappa shape index (κ3) is 3.91. The van der Waals surface area contributed by atoms with Gasteiger partial charge in [0.25, 0.3) is 0 Å². The van der Waals surface area contributed by atoms with Gasteiger partial charge in [0, 0.05) is 48.6 Å². The molecule has 1 aliphatic heterocycles. The van der Waals surface area contributed by atoms with E-state index >= 15 is 0 Å². The molecule has 0 unspecified atom stereocenters. The van der Waals surface area contributed by atoms with Crippen molar-refractivity contribution >= 4 is 22.3 Å². The molecule has 0 bridgehead atoms. The van der Waals surface area contributed by atoms with Crippen LogP contribution in [0.1, 0.15) is 44.6 Å². The Morgan fingerprint density at radius 1 is 1.26 bits per heavy atom. The number of nitrogens with zero attached hydrogens (tertiary/aromatic N) is 1. The number of benzene rings is 1. The summed E-state index contributed by atoms with van der Waals surface area (Å²) < 4.78 is 0. The van der Waals surface area contributed by atoms with Gasteiger partial charge in [0.05, 0.1) is 0 Å². The summed E-state index contributed by atoms with van der Waals surface area (Å²) in [6.45, 7) is 5.19. The van der Waals surface area contributed by atoms with Gasteiger partial charge in [-0.15, -0.1) is 0 Å². The minimum atomic E-state index is 0.416. The smallest absolute Gasteiger partial charge is 0.132 e. The van der Waals surface area contributed by atoms with Crippen LogP contribution in [-0.4, -0.2) is 35.3 Å². The Bertz CT molecular complexity index is 698. The highest BCUT2D eigenvalue weighted by atomic mass is 16.1. The quantitative estimate of drug-likeness (QED) is 0.822. The number of aromatic nitrogens is 1. The zero-order chi connectivity index (χ0) is 16.1. The third-order valence-electron chi connectivity index (χ3n) is 4.69. The zero-order valence-electron chi connectivity index (χ0n) is 14.0. The predicted molar refractivity (Wildman–Crippen MR) is 96.5 cm³/mol. The minimum absolute atomic E-state index is 0.416. The molecule has 2 aromatic rings. The van der Waals surface area contributed by atoms with Crippen LogP contribution in [0.2, 0.25) is 0 Å². The first-order valence-corrected chi connectivity index (χ1v) is 8.77. The first-order chi connectivity index (χ1) is 11.3. The lowest BCUT2D eigenvalue weighted by atomic mass is 9.98. The van der Waals surface area contributed by atoms with Crippen molar-refractivity contribution in [3.63, 3.8) is 0 Å². The topological polar surface area (TPSA) is 36.1 Å². The summed E-state index contributed by atoms with van der Waals surface area (Å²) in [5.74, 6) is 0.416. The molecule has 1 N–H and O–H groups in total. The summed E-state index contributed by atoms with van der Waals surface area (Å²) in [5, 5.41) is 1.32. The average Bonchev–Trinajstić information content (AvgIpc) is 3.00. The normalized spacial score (nSPS) is 15.8. The molecule has 23 heavy (non-hydrogen) atoms. The van der Waals surface area contributed by atoms with Crippen LogP contribution in [0.25, 0.3) is 16.5 Å². The number of hydrogen-bond donors (Lipinski definition) is 1. The van der Waals surface area contributed by atoms with Crippen molar-refractivity contribution in [3.05, 3.63) is 42.1 Å². The van der Waals surface area contributed by atoms with Crippen molar-refractivity contribution in [1.29, 1.82) is 0 Å². The van der Waals surface area contributed by atoms with Crippen LogP contribution in [-0.2, 0) is 4.79 Å². The van der Waals surface area contributed by atoms with Gasteiger partial charge in [-0.05, 0) is 37.4 Å². The third-order valence-corrected chi connectivity index (χ3v) is 4.69. The Hall–Kier alpha value is -1.87. The minimum Gasteiger partial charge on any atom is -0.361 e. The van der Waals surface area contributed by atoms with Crippen molar-refractivity contribution < 1.29 is 4.79 Å². The summed E-state index contributed by atoms with van der Waals surface area (Å²) in [4.78, 5) is 17.4. The molecule has 0 amide bonds. The molecule has 1 aromatic heterocycles. The fraction of sp³-hybridized carbons (Fsp3) is 0.450. The summed E-state index contributed by atoms with van der Waals surface area (Å²) in [6.07, 6.45) is 9.02. The number of aromatic amines is 1. The van der Waals surface area contributed by atoms with Crippen LogP contribution in [0.3, 0.4) is 0 Å². The second-order valence-electron chi connectivity index (χ2n) is 6.42. The average molecular weight is 310 g/mol. The molecule has 0 atom stereocenters. The number of carbonyl (C=O) groups is 1. The van der Waals surface area contributed by atoms with Gasteiger partial charge in [-0.3, -0.25) is 9.69 Å². The zero-order valence-corrected chi connectivity index (χ0v) is 14.0. The number of ketones is 1. The van der Waals surface area contributed by atoms with Crippen molar-refractivity contribution in [2.45, 2.75) is 39.0 Å². The largest absolute Gasteiger partial charge is 0.361 e. The molecule has 0 radical (unpaired) electrons. The fourth-order valence-corrected chi connectivity index (χ4v) is 3.40. The first kappa shape index (κ1) is 16.0. The Labute approximate surface area is 138 Å². The van der Waals surface area contributed by atoms with Crippen LogP contribution in [0.5, 0.6) is 0 Å². The second kappa shape index (κ2) is 7.60. The number of H-pyrrole nitrogens is 1. The van der Waals surface area contributed by atoms with E-state index in [1.807, 2.05) is 0 Å². The molecule has 1 aromatic carbocycles. The van der Waals surface area contributed by atoms with Crippen molar-refractivity contribution in [3.8, 4) is 0 Å². The number of Topliss-reactive ketones (excluding diaryl/α,β-unsaturated/α-hetero) is 1. The van der Waals surface area contributed by atoms with E-state index in [4.69, 9.17) is 0 Å². The maximum absolute atomic E-state index is 11.6. The lowest BCUT2D eigenvalue weighted by Crippen LogP contribution is -2.29. The van der Waals surface area contributed by atoms with Crippen LogP contribution in [0.15, 0.2) is 36.5 Å². The van der Waals surface area contributed by atoms with Crippen molar-refractivity contribution in [2.24, 2.45) is 0 Å². The van der Waals surface area contributed by atoms with E-state index in [1.165, 1.54) is 22.0 Å². The molecule has 0 saturated carbocycles. The first-order valence-electron chi connectivity index (χ1n) is 8.77. The Morgan fingerprint density at radius 2 is 2.13 bits per heavy atom. The standard InChI is InChI=1S/C20H26N2O/c1-2-6-17(23)7-5-12-22-13-10-16(11-14-22)19-15-21-20-9-4-3-8-18(19)20/h3-4,8-10,15,21H,2,5-7,11-14H2,1H3. The molecule has 3 rings (SSSR count). The monoisotopic (exact) mass is 310 g/mol. The summed E-state index contributed by atoms with van der Waals surface area (Å²) in [7, 11) is 0. The molecular formula is C20H26N2O. The number of para-hydroxylation sites is 1. The SMILES string of the molecule is CCCC(=O)CCCN1CC=C(c2c[nH]c3ccccc23)CC1. The van der Waals surface area contributed by atoms with Gasteiger partial charge < -0.3 is 4.98 Å².